The molecule has 11 heteroatoms. The van der Waals surface area contributed by atoms with Gasteiger partial charge in [0.15, 0.2) is 28.3 Å². The highest BCUT2D eigenvalue weighted by Gasteiger charge is 2.34. The Labute approximate surface area is 173 Å². The lowest BCUT2D eigenvalue weighted by Crippen LogP contribution is -2.41. The number of fused-ring (bicyclic) bond motifs is 1. The fourth-order valence-corrected chi connectivity index (χ4v) is 4.44. The lowest BCUT2D eigenvalue weighted by molar-refractivity contribution is 0.0638. The van der Waals surface area contributed by atoms with Crippen molar-refractivity contribution in [2.45, 2.75) is 38.3 Å². The average Bonchev–Trinajstić information content (AvgIpc) is 3.27. The molecule has 1 unspecified atom stereocenters. The van der Waals surface area contributed by atoms with E-state index in [1.54, 1.807) is 4.90 Å². The number of carbonyl (C=O) groups is 1. The first-order valence-electron chi connectivity index (χ1n) is 9.16. The molecule has 7 nitrogen and oxygen atoms in total. The molecule has 0 radical (unpaired) electrons. The third-order valence-electron chi connectivity index (χ3n) is 5.25. The first-order valence-corrected chi connectivity index (χ1v) is 10.3. The van der Waals surface area contributed by atoms with Gasteiger partial charge in [0.25, 0.3) is 5.91 Å². The molecule has 1 aromatic carbocycles. The van der Waals surface area contributed by atoms with Crippen LogP contribution in [-0.4, -0.2) is 41.5 Å². The molecule has 2 aliphatic rings. The van der Waals surface area contributed by atoms with Crippen LogP contribution in [-0.2, 0) is 6.54 Å². The molecule has 150 valence electrons. The van der Waals surface area contributed by atoms with Crippen LogP contribution in [0.4, 0.5) is 8.78 Å². The number of benzene rings is 1. The maximum atomic E-state index is 13.7. The molecule has 2 aromatic heterocycles. The highest BCUT2D eigenvalue weighted by Crippen LogP contribution is 2.40. The van der Waals surface area contributed by atoms with Gasteiger partial charge in [0.2, 0.25) is 0 Å². The lowest BCUT2D eigenvalue weighted by Gasteiger charge is -2.33. The zero-order valence-corrected chi connectivity index (χ0v) is 16.8. The lowest BCUT2D eigenvalue weighted by atomic mass is 10.1. The van der Waals surface area contributed by atoms with E-state index in [4.69, 9.17) is 11.6 Å². The third-order valence-corrected chi connectivity index (χ3v) is 6.25. The molecule has 3 aromatic rings. The van der Waals surface area contributed by atoms with Crippen LogP contribution < -0.4 is 0 Å². The van der Waals surface area contributed by atoms with Crippen molar-refractivity contribution < 1.29 is 13.6 Å². The molecular weight excluding hydrogens is 422 g/mol. The summed E-state index contributed by atoms with van der Waals surface area (Å²) in [7, 11) is 0. The van der Waals surface area contributed by atoms with Crippen LogP contribution in [0.15, 0.2) is 12.1 Å². The first-order chi connectivity index (χ1) is 13.9. The van der Waals surface area contributed by atoms with Crippen LogP contribution in [0.3, 0.4) is 0 Å². The summed E-state index contributed by atoms with van der Waals surface area (Å²) in [5.74, 6) is -0.200. The predicted molar refractivity (Wildman–Crippen MR) is 102 cm³/mol. The normalized spacial score (nSPS) is 18.8. The van der Waals surface area contributed by atoms with Crippen molar-refractivity contribution in [1.82, 2.24) is 29.0 Å². The second-order valence-corrected chi connectivity index (χ2v) is 8.35. The largest absolute Gasteiger partial charge is 0.327 e. The van der Waals surface area contributed by atoms with Crippen molar-refractivity contribution in [1.29, 1.82) is 0 Å². The topological polar surface area (TPSA) is 76.8 Å². The SMILES string of the molecule is CC1c2nnc(-c3nc(C4CC4)ns3)n2CCN1C(=O)c1cc(F)c(F)c(Cl)c1. The number of carbonyl (C=O) groups excluding carboxylic acids is 1. The monoisotopic (exact) mass is 436 g/mol. The molecule has 1 fully saturated rings. The van der Waals surface area contributed by atoms with Gasteiger partial charge >= 0.3 is 0 Å². The summed E-state index contributed by atoms with van der Waals surface area (Å²) < 4.78 is 33.5. The van der Waals surface area contributed by atoms with Gasteiger partial charge in [0, 0.05) is 24.6 Å². The summed E-state index contributed by atoms with van der Waals surface area (Å²) in [6, 6.07) is 1.60. The molecule has 5 rings (SSSR count). The zero-order valence-electron chi connectivity index (χ0n) is 15.3. The molecular formula is C18H15ClF2N6OS. The summed E-state index contributed by atoms with van der Waals surface area (Å²) in [4.78, 5) is 19.0. The summed E-state index contributed by atoms with van der Waals surface area (Å²) in [6.45, 7) is 2.64. The average molecular weight is 437 g/mol. The highest BCUT2D eigenvalue weighted by atomic mass is 35.5. The minimum Gasteiger partial charge on any atom is -0.327 e. The predicted octanol–water partition coefficient (Wildman–Crippen LogP) is 3.82. The second-order valence-electron chi connectivity index (χ2n) is 7.19. The molecule has 1 atom stereocenters. The fraction of sp³-hybridized carbons (Fsp3) is 0.389. The highest BCUT2D eigenvalue weighted by molar-refractivity contribution is 7.09. The van der Waals surface area contributed by atoms with E-state index in [0.29, 0.717) is 35.7 Å². The van der Waals surface area contributed by atoms with E-state index in [1.165, 1.54) is 11.5 Å². The minimum atomic E-state index is -1.16. The van der Waals surface area contributed by atoms with E-state index >= 15 is 0 Å². The zero-order chi connectivity index (χ0) is 20.3. The Morgan fingerprint density at radius 3 is 2.76 bits per heavy atom. The minimum absolute atomic E-state index is 0.00728. The number of rotatable bonds is 3. The molecule has 0 N–H and O–H groups in total. The first kappa shape index (κ1) is 18.6. The van der Waals surface area contributed by atoms with Gasteiger partial charge in [0.05, 0.1) is 11.1 Å². The fourth-order valence-electron chi connectivity index (χ4n) is 3.50. The van der Waals surface area contributed by atoms with Gasteiger partial charge in [-0.1, -0.05) is 11.6 Å². The van der Waals surface area contributed by atoms with E-state index in [-0.39, 0.29) is 5.56 Å². The van der Waals surface area contributed by atoms with Gasteiger partial charge in [-0.2, -0.15) is 4.37 Å². The Kier molecular flexibility index (Phi) is 4.36. The Morgan fingerprint density at radius 1 is 1.24 bits per heavy atom. The number of aromatic nitrogens is 5. The number of hydrogen-bond donors (Lipinski definition) is 0. The van der Waals surface area contributed by atoms with Gasteiger partial charge in [-0.05, 0) is 43.4 Å². The molecule has 1 aliphatic carbocycles. The molecule has 1 amide bonds. The van der Waals surface area contributed by atoms with Gasteiger partial charge < -0.3 is 9.47 Å². The molecule has 3 heterocycles. The standard InChI is InChI=1S/C18H15ClF2N6OS/c1-8-15-23-24-16(17-22-14(25-29-17)9-2-3-9)27(15)5-4-26(8)18(28)10-6-11(19)13(21)12(20)7-10/h6-9H,2-5H2,1H3. The number of halogens is 3. The van der Waals surface area contributed by atoms with E-state index in [0.717, 1.165) is 30.8 Å². The van der Waals surface area contributed by atoms with E-state index < -0.39 is 28.6 Å². The van der Waals surface area contributed by atoms with Crippen LogP contribution in [0, 0.1) is 11.6 Å². The third kappa shape index (κ3) is 3.10. The van der Waals surface area contributed by atoms with Crippen LogP contribution in [0.2, 0.25) is 5.02 Å². The van der Waals surface area contributed by atoms with Gasteiger partial charge in [-0.25, -0.2) is 13.8 Å². The van der Waals surface area contributed by atoms with Crippen LogP contribution in [0.25, 0.3) is 10.8 Å². The van der Waals surface area contributed by atoms with Crippen molar-refractivity contribution in [3.63, 3.8) is 0 Å². The van der Waals surface area contributed by atoms with Gasteiger partial charge in [-0.3, -0.25) is 4.79 Å². The van der Waals surface area contributed by atoms with Crippen molar-refractivity contribution >= 4 is 29.0 Å². The Morgan fingerprint density at radius 2 is 2.03 bits per heavy atom. The summed E-state index contributed by atoms with van der Waals surface area (Å²) >= 11 is 7.00. The molecule has 29 heavy (non-hydrogen) atoms. The number of hydrogen-bond acceptors (Lipinski definition) is 6. The van der Waals surface area contributed by atoms with Crippen LogP contribution in [0.1, 0.15) is 53.7 Å². The molecule has 1 aliphatic heterocycles. The second kappa shape index (κ2) is 6.81. The summed E-state index contributed by atoms with van der Waals surface area (Å²) in [6.07, 6.45) is 2.24. The number of amides is 1. The van der Waals surface area contributed by atoms with Crippen LogP contribution >= 0.6 is 23.1 Å². The van der Waals surface area contributed by atoms with Crippen molar-refractivity contribution in [3.8, 4) is 10.8 Å². The van der Waals surface area contributed by atoms with Gasteiger partial charge in [0.1, 0.15) is 5.82 Å². The maximum absolute atomic E-state index is 13.7. The van der Waals surface area contributed by atoms with E-state index in [1.807, 2.05) is 11.5 Å². The smallest absolute Gasteiger partial charge is 0.254 e. The van der Waals surface area contributed by atoms with Crippen molar-refractivity contribution in [2.75, 3.05) is 6.54 Å². The molecule has 0 saturated heterocycles. The Hall–Kier alpha value is -2.46. The Bertz CT molecular complexity index is 1100. The van der Waals surface area contributed by atoms with Crippen molar-refractivity contribution in [2.24, 2.45) is 0 Å². The Balaban J connectivity index is 1.43. The van der Waals surface area contributed by atoms with Gasteiger partial charge in [-0.15, -0.1) is 10.2 Å². The van der Waals surface area contributed by atoms with Crippen LogP contribution in [0.5, 0.6) is 0 Å². The molecule has 0 spiro atoms. The van der Waals surface area contributed by atoms with E-state index in [9.17, 15) is 13.6 Å². The molecule has 0 bridgehead atoms. The molecule has 1 saturated carbocycles. The van der Waals surface area contributed by atoms with E-state index in [2.05, 4.69) is 19.6 Å². The van der Waals surface area contributed by atoms with Crippen molar-refractivity contribution in [3.05, 3.63) is 46.0 Å². The number of nitrogens with zero attached hydrogens (tertiary/aromatic N) is 6. The summed E-state index contributed by atoms with van der Waals surface area (Å²) in [5, 5.41) is 8.82. The quantitative estimate of drug-likeness (QED) is 0.583. The maximum Gasteiger partial charge on any atom is 0.254 e. The summed E-state index contributed by atoms with van der Waals surface area (Å²) in [5.41, 5.74) is -0.00728.